The van der Waals surface area contributed by atoms with E-state index in [4.69, 9.17) is 0 Å². The van der Waals surface area contributed by atoms with E-state index in [2.05, 4.69) is 14.7 Å². The van der Waals surface area contributed by atoms with Gasteiger partial charge in [-0.25, -0.2) is 9.37 Å². The SMILES string of the molecule is Fc1cccc(-n2cnc3cnc(-c4cccc(OC(F)(F)F)c4)cc32)c1. The smallest absolute Gasteiger partial charge is 0.406 e. The highest BCUT2D eigenvalue weighted by Gasteiger charge is 2.31. The summed E-state index contributed by atoms with van der Waals surface area (Å²) in [7, 11) is 0. The second kappa shape index (κ2) is 6.39. The highest BCUT2D eigenvalue weighted by atomic mass is 19.4. The quantitative estimate of drug-likeness (QED) is 0.468. The second-order valence-corrected chi connectivity index (χ2v) is 5.73. The van der Waals surface area contributed by atoms with Crippen LogP contribution in [0.4, 0.5) is 17.6 Å². The Labute approximate surface area is 150 Å². The highest BCUT2D eigenvalue weighted by Crippen LogP contribution is 2.29. The molecule has 4 aromatic rings. The Bertz CT molecular complexity index is 1120. The normalized spacial score (nSPS) is 11.7. The van der Waals surface area contributed by atoms with Gasteiger partial charge in [-0.05, 0) is 36.4 Å². The van der Waals surface area contributed by atoms with Crippen LogP contribution in [0.1, 0.15) is 0 Å². The molecule has 0 bridgehead atoms. The van der Waals surface area contributed by atoms with Crippen molar-refractivity contribution in [2.24, 2.45) is 0 Å². The van der Waals surface area contributed by atoms with Gasteiger partial charge in [0.15, 0.2) is 0 Å². The Balaban J connectivity index is 1.78. The third-order valence-electron chi connectivity index (χ3n) is 3.88. The Hall–Kier alpha value is -3.42. The van der Waals surface area contributed by atoms with Crippen molar-refractivity contribution in [3.8, 4) is 22.7 Å². The van der Waals surface area contributed by atoms with Crippen molar-refractivity contribution < 1.29 is 22.3 Å². The van der Waals surface area contributed by atoms with E-state index in [1.165, 1.54) is 42.9 Å². The maximum absolute atomic E-state index is 13.5. The molecule has 0 saturated carbocycles. The summed E-state index contributed by atoms with van der Waals surface area (Å²) >= 11 is 0. The molecule has 0 amide bonds. The molecule has 2 aromatic heterocycles. The summed E-state index contributed by atoms with van der Waals surface area (Å²) in [6.07, 6.45) is -1.72. The molecule has 0 aliphatic rings. The van der Waals surface area contributed by atoms with Crippen LogP contribution in [0.25, 0.3) is 28.0 Å². The summed E-state index contributed by atoms with van der Waals surface area (Å²) in [5, 5.41) is 0. The first-order valence-electron chi connectivity index (χ1n) is 7.84. The summed E-state index contributed by atoms with van der Waals surface area (Å²) in [5.74, 6) is -0.721. The Kier molecular flexibility index (Phi) is 4.02. The third kappa shape index (κ3) is 3.59. The zero-order chi connectivity index (χ0) is 19.0. The number of nitrogens with zero attached hydrogens (tertiary/aromatic N) is 3. The first-order chi connectivity index (χ1) is 12.9. The van der Waals surface area contributed by atoms with E-state index in [-0.39, 0.29) is 11.6 Å². The molecule has 0 fully saturated rings. The number of pyridine rings is 1. The molecule has 0 aliphatic heterocycles. The fourth-order valence-electron chi connectivity index (χ4n) is 2.75. The van der Waals surface area contributed by atoms with Crippen LogP contribution < -0.4 is 4.74 Å². The fourth-order valence-corrected chi connectivity index (χ4v) is 2.75. The number of hydrogen-bond acceptors (Lipinski definition) is 3. The Morgan fingerprint density at radius 2 is 1.74 bits per heavy atom. The van der Waals surface area contributed by atoms with E-state index in [0.717, 1.165) is 0 Å². The molecule has 0 unspecified atom stereocenters. The van der Waals surface area contributed by atoms with Crippen LogP contribution in [0.15, 0.2) is 67.1 Å². The maximum atomic E-state index is 13.5. The van der Waals surface area contributed by atoms with Gasteiger partial charge in [0, 0.05) is 5.56 Å². The van der Waals surface area contributed by atoms with Gasteiger partial charge in [-0.1, -0.05) is 18.2 Å². The van der Waals surface area contributed by atoms with Crippen molar-refractivity contribution in [2.45, 2.75) is 6.36 Å². The van der Waals surface area contributed by atoms with Crippen molar-refractivity contribution >= 4 is 11.0 Å². The molecule has 0 saturated heterocycles. The summed E-state index contributed by atoms with van der Waals surface area (Å²) in [5.41, 5.74) is 2.68. The molecular formula is C19H11F4N3O. The molecular weight excluding hydrogens is 362 g/mol. The molecule has 4 rings (SSSR count). The number of rotatable bonds is 3. The average molecular weight is 373 g/mol. The molecule has 136 valence electrons. The minimum absolute atomic E-state index is 0.333. The molecule has 2 aromatic carbocycles. The zero-order valence-corrected chi connectivity index (χ0v) is 13.6. The number of aromatic nitrogens is 3. The number of hydrogen-bond donors (Lipinski definition) is 0. The molecule has 0 aliphatic carbocycles. The number of fused-ring (bicyclic) bond motifs is 1. The third-order valence-corrected chi connectivity index (χ3v) is 3.88. The van der Waals surface area contributed by atoms with Crippen LogP contribution in [0, 0.1) is 5.82 Å². The lowest BCUT2D eigenvalue weighted by atomic mass is 10.1. The molecule has 4 nitrogen and oxygen atoms in total. The second-order valence-electron chi connectivity index (χ2n) is 5.73. The Morgan fingerprint density at radius 1 is 0.926 bits per heavy atom. The van der Waals surface area contributed by atoms with Gasteiger partial charge in [-0.15, -0.1) is 13.2 Å². The van der Waals surface area contributed by atoms with Crippen LogP contribution in [0.3, 0.4) is 0 Å². The summed E-state index contributed by atoms with van der Waals surface area (Å²) in [6.45, 7) is 0. The van der Waals surface area contributed by atoms with Crippen LogP contribution in [-0.2, 0) is 0 Å². The minimum atomic E-state index is -4.77. The maximum Gasteiger partial charge on any atom is 0.573 e. The molecule has 0 N–H and O–H groups in total. The Morgan fingerprint density at radius 3 is 2.52 bits per heavy atom. The standard InChI is InChI=1S/C19H11F4N3O/c20-13-4-2-5-14(8-13)26-11-25-17-10-24-16(9-18(17)26)12-3-1-6-15(7-12)27-19(21,22)23/h1-11H. The lowest BCUT2D eigenvalue weighted by Gasteiger charge is -2.10. The van der Waals surface area contributed by atoms with Crippen molar-refractivity contribution in [1.29, 1.82) is 0 Å². The predicted molar refractivity (Wildman–Crippen MR) is 90.9 cm³/mol. The van der Waals surface area contributed by atoms with Crippen LogP contribution >= 0.6 is 0 Å². The molecule has 0 atom stereocenters. The number of alkyl halides is 3. The number of halogens is 4. The molecule has 0 radical (unpaired) electrons. The van der Waals surface area contributed by atoms with Gasteiger partial charge in [0.1, 0.15) is 23.4 Å². The summed E-state index contributed by atoms with van der Waals surface area (Å²) in [4.78, 5) is 8.48. The predicted octanol–water partition coefficient (Wildman–Crippen LogP) is 5.13. The number of benzene rings is 2. The fraction of sp³-hybridized carbons (Fsp3) is 0.0526. The van der Waals surface area contributed by atoms with Gasteiger partial charge in [-0.2, -0.15) is 0 Å². The van der Waals surface area contributed by atoms with E-state index < -0.39 is 6.36 Å². The monoisotopic (exact) mass is 373 g/mol. The van der Waals surface area contributed by atoms with Crippen LogP contribution in [0.2, 0.25) is 0 Å². The molecule has 27 heavy (non-hydrogen) atoms. The van der Waals surface area contributed by atoms with Gasteiger partial charge in [-0.3, -0.25) is 9.55 Å². The van der Waals surface area contributed by atoms with E-state index in [1.54, 1.807) is 28.8 Å². The van der Waals surface area contributed by atoms with Crippen LogP contribution in [-0.4, -0.2) is 20.9 Å². The molecule has 8 heteroatoms. The lowest BCUT2D eigenvalue weighted by molar-refractivity contribution is -0.274. The zero-order valence-electron chi connectivity index (χ0n) is 13.6. The van der Waals surface area contributed by atoms with Gasteiger partial charge in [0.05, 0.1) is 23.1 Å². The summed E-state index contributed by atoms with van der Waals surface area (Å²) < 4.78 is 56.5. The van der Waals surface area contributed by atoms with Gasteiger partial charge < -0.3 is 4.74 Å². The van der Waals surface area contributed by atoms with E-state index in [0.29, 0.717) is 28.0 Å². The minimum Gasteiger partial charge on any atom is -0.406 e. The van der Waals surface area contributed by atoms with Gasteiger partial charge in [0.25, 0.3) is 0 Å². The van der Waals surface area contributed by atoms with Crippen LogP contribution in [0.5, 0.6) is 5.75 Å². The van der Waals surface area contributed by atoms with E-state index in [9.17, 15) is 17.6 Å². The number of ether oxygens (including phenoxy) is 1. The topological polar surface area (TPSA) is 39.9 Å². The van der Waals surface area contributed by atoms with Gasteiger partial charge >= 0.3 is 6.36 Å². The average Bonchev–Trinajstić information content (AvgIpc) is 3.03. The first-order valence-corrected chi connectivity index (χ1v) is 7.84. The molecule has 0 spiro atoms. The largest absolute Gasteiger partial charge is 0.573 e. The summed E-state index contributed by atoms with van der Waals surface area (Å²) in [6, 6.07) is 13.2. The van der Waals surface area contributed by atoms with Gasteiger partial charge in [0.2, 0.25) is 0 Å². The van der Waals surface area contributed by atoms with E-state index >= 15 is 0 Å². The van der Waals surface area contributed by atoms with E-state index in [1.807, 2.05) is 0 Å². The number of imidazole rings is 1. The van der Waals surface area contributed by atoms with Crippen molar-refractivity contribution in [2.75, 3.05) is 0 Å². The molecule has 2 heterocycles. The van der Waals surface area contributed by atoms with Crippen molar-refractivity contribution in [3.63, 3.8) is 0 Å². The van der Waals surface area contributed by atoms with Crippen molar-refractivity contribution in [3.05, 3.63) is 72.9 Å². The van der Waals surface area contributed by atoms with Crippen molar-refractivity contribution in [1.82, 2.24) is 14.5 Å². The highest BCUT2D eigenvalue weighted by molar-refractivity contribution is 5.81. The first kappa shape index (κ1) is 17.0. The lowest BCUT2D eigenvalue weighted by Crippen LogP contribution is -2.17.